The smallest absolute Gasteiger partial charge is 0.229 e. The van der Waals surface area contributed by atoms with Crippen LogP contribution in [0.5, 0.6) is 11.5 Å². The fourth-order valence-corrected chi connectivity index (χ4v) is 13.1. The Labute approximate surface area is 465 Å². The minimum absolute atomic E-state index is 0.00826. The number of piperidine rings is 2. The van der Waals surface area contributed by atoms with Gasteiger partial charge in [-0.1, -0.05) is 53.9 Å². The van der Waals surface area contributed by atoms with E-state index in [1.54, 1.807) is 42.5 Å². The molecule has 4 aromatic carbocycles. The quantitative estimate of drug-likeness (QED) is 0.0673. The maximum atomic E-state index is 13.2. The number of rotatable bonds is 17. The second kappa shape index (κ2) is 24.9. The Morgan fingerprint density at radius 3 is 1.36 bits per heavy atom. The van der Waals surface area contributed by atoms with Crippen molar-refractivity contribution in [3.8, 4) is 11.5 Å². The number of ether oxygens (including phenoxy) is 2. The van der Waals surface area contributed by atoms with Gasteiger partial charge in [0.2, 0.25) is 11.9 Å². The number of anilines is 8. The molecular weight excluding hydrogens is 1060 g/mol. The summed E-state index contributed by atoms with van der Waals surface area (Å²) in [5.74, 6) is 3.73. The first-order valence-electron chi connectivity index (χ1n) is 26.4. The third kappa shape index (κ3) is 14.5. The second-order valence-electron chi connectivity index (χ2n) is 21.0. The predicted molar refractivity (Wildman–Crippen MR) is 311 cm³/mol. The van der Waals surface area contributed by atoms with Crippen LogP contribution < -0.4 is 30.7 Å². The van der Waals surface area contributed by atoms with E-state index in [0.29, 0.717) is 59.6 Å². The molecule has 77 heavy (non-hydrogen) atoms. The molecule has 0 unspecified atom stereocenters. The van der Waals surface area contributed by atoms with E-state index in [0.717, 1.165) is 87.4 Å². The molecule has 2 aliphatic heterocycles. The van der Waals surface area contributed by atoms with Gasteiger partial charge >= 0.3 is 0 Å². The number of hydrogen-bond donors (Lipinski definition) is 4. The van der Waals surface area contributed by atoms with Crippen LogP contribution in [0, 0.1) is 13.8 Å². The SMILES string of the molecule is Cc1cc(Nc2ncc(Cl)c(Nc3ccccc3S(=O)(=O)C3CCC3)n2)c(OC(C)C)cc1C1CCN(C)CC1.Cc1cc(Nc2ncc(Cl)c(Nc3ccccc3S(C)(=O)=O)n2)c(OC(C)C)cc1C1CCN(C)CC1. The molecule has 412 valence electrons. The average Bonchev–Trinajstić information content (AvgIpc) is 3.36. The summed E-state index contributed by atoms with van der Waals surface area (Å²) >= 11 is 12.8. The van der Waals surface area contributed by atoms with Gasteiger partial charge in [0, 0.05) is 6.26 Å². The zero-order chi connectivity index (χ0) is 55.2. The van der Waals surface area contributed by atoms with Gasteiger partial charge in [-0.3, -0.25) is 0 Å². The molecule has 0 bridgehead atoms. The number of benzene rings is 4. The largest absolute Gasteiger partial charge is 0.489 e. The van der Waals surface area contributed by atoms with Gasteiger partial charge in [0.25, 0.3) is 0 Å². The maximum Gasteiger partial charge on any atom is 0.229 e. The molecule has 0 amide bonds. The van der Waals surface area contributed by atoms with Crippen LogP contribution in [0.3, 0.4) is 0 Å². The van der Waals surface area contributed by atoms with Gasteiger partial charge in [0.05, 0.1) is 62.4 Å². The van der Waals surface area contributed by atoms with E-state index in [9.17, 15) is 16.8 Å². The highest BCUT2D eigenvalue weighted by Gasteiger charge is 2.34. The first-order valence-corrected chi connectivity index (χ1v) is 30.6. The summed E-state index contributed by atoms with van der Waals surface area (Å²) in [4.78, 5) is 23.0. The summed E-state index contributed by atoms with van der Waals surface area (Å²) in [5, 5.41) is 13.0. The molecule has 0 radical (unpaired) electrons. The summed E-state index contributed by atoms with van der Waals surface area (Å²) in [5.41, 5.74) is 7.36. The number of halogens is 2. The molecule has 0 spiro atoms. The number of nitrogens with zero attached hydrogens (tertiary/aromatic N) is 6. The zero-order valence-corrected chi connectivity index (χ0v) is 48.6. The van der Waals surface area contributed by atoms with Crippen molar-refractivity contribution in [2.24, 2.45) is 0 Å². The van der Waals surface area contributed by atoms with E-state index in [-0.39, 0.29) is 37.3 Å². The topological polar surface area (TPSA) is 193 Å². The Hall–Kier alpha value is -5.76. The lowest BCUT2D eigenvalue weighted by atomic mass is 9.86. The highest BCUT2D eigenvalue weighted by atomic mass is 35.5. The van der Waals surface area contributed by atoms with Gasteiger partial charge in [0.15, 0.2) is 31.3 Å². The lowest BCUT2D eigenvalue weighted by Gasteiger charge is -2.30. The first-order chi connectivity index (χ1) is 36.6. The molecule has 1 saturated carbocycles. The van der Waals surface area contributed by atoms with Crippen molar-refractivity contribution >= 4 is 89.2 Å². The lowest BCUT2D eigenvalue weighted by molar-refractivity contribution is 0.240. The molecule has 2 saturated heterocycles. The Morgan fingerprint density at radius 1 is 0.571 bits per heavy atom. The minimum Gasteiger partial charge on any atom is -0.489 e. The molecular formula is C57H72Cl2N10O6S2. The Balaban J connectivity index is 0.000000204. The monoisotopic (exact) mass is 1130 g/mol. The Kier molecular flexibility index (Phi) is 18.6. The first kappa shape index (κ1) is 57.4. The van der Waals surface area contributed by atoms with Crippen molar-refractivity contribution in [2.75, 3.05) is 67.8 Å². The van der Waals surface area contributed by atoms with Crippen molar-refractivity contribution in [2.45, 2.75) is 126 Å². The molecule has 16 nitrogen and oxygen atoms in total. The van der Waals surface area contributed by atoms with Crippen molar-refractivity contribution in [1.29, 1.82) is 0 Å². The van der Waals surface area contributed by atoms with Gasteiger partial charge in [-0.15, -0.1) is 0 Å². The van der Waals surface area contributed by atoms with Crippen LogP contribution in [0.2, 0.25) is 10.0 Å². The molecule has 0 atom stereocenters. The molecule has 20 heteroatoms. The number of nitrogens with one attached hydrogen (secondary N) is 4. The van der Waals surface area contributed by atoms with Gasteiger partial charge in [-0.05, 0) is 203 Å². The van der Waals surface area contributed by atoms with Crippen molar-refractivity contribution in [3.05, 3.63) is 117 Å². The summed E-state index contributed by atoms with van der Waals surface area (Å²) in [7, 11) is -2.56. The van der Waals surface area contributed by atoms with Gasteiger partial charge < -0.3 is 40.5 Å². The van der Waals surface area contributed by atoms with Crippen LogP contribution in [0.4, 0.5) is 46.3 Å². The zero-order valence-electron chi connectivity index (χ0n) is 45.5. The Bertz CT molecular complexity index is 3270. The highest BCUT2D eigenvalue weighted by molar-refractivity contribution is 7.92. The molecule has 4 N–H and O–H groups in total. The summed E-state index contributed by atoms with van der Waals surface area (Å²) in [6.07, 6.45) is 10.9. The number of para-hydroxylation sites is 2. The van der Waals surface area contributed by atoms with Gasteiger partial charge in [-0.25, -0.2) is 26.8 Å². The van der Waals surface area contributed by atoms with E-state index in [1.165, 1.54) is 40.7 Å². The van der Waals surface area contributed by atoms with Crippen LogP contribution in [-0.4, -0.2) is 111 Å². The molecule has 3 aliphatic rings. The second-order valence-corrected chi connectivity index (χ2v) is 26.0. The van der Waals surface area contributed by atoms with Crippen LogP contribution in [-0.2, 0) is 19.7 Å². The van der Waals surface area contributed by atoms with E-state index in [1.807, 2.05) is 27.7 Å². The van der Waals surface area contributed by atoms with Gasteiger partial charge in [0.1, 0.15) is 21.5 Å². The normalized spacial score (nSPS) is 16.1. The molecule has 6 aromatic rings. The van der Waals surface area contributed by atoms with Crippen LogP contribution >= 0.6 is 23.2 Å². The van der Waals surface area contributed by atoms with Crippen LogP contribution in [0.25, 0.3) is 0 Å². The lowest BCUT2D eigenvalue weighted by Crippen LogP contribution is -2.29. The molecule has 1 aliphatic carbocycles. The fraction of sp³-hybridized carbons (Fsp3) is 0.439. The third-order valence-electron chi connectivity index (χ3n) is 14.2. The molecule has 2 aromatic heterocycles. The molecule has 9 rings (SSSR count). The number of aryl methyl sites for hydroxylation is 2. The molecule has 3 fully saturated rings. The number of aromatic nitrogens is 4. The van der Waals surface area contributed by atoms with E-state index in [2.05, 4.69) is 103 Å². The average molecular weight is 1130 g/mol. The van der Waals surface area contributed by atoms with Crippen molar-refractivity contribution < 1.29 is 26.3 Å². The van der Waals surface area contributed by atoms with E-state index < -0.39 is 19.7 Å². The highest BCUT2D eigenvalue weighted by Crippen LogP contribution is 2.41. The number of likely N-dealkylation sites (tertiary alicyclic amines) is 2. The summed E-state index contributed by atoms with van der Waals surface area (Å²) in [6, 6.07) is 22.0. The Morgan fingerprint density at radius 2 is 0.974 bits per heavy atom. The third-order valence-corrected chi connectivity index (χ3v) is 18.3. The fourth-order valence-electron chi connectivity index (χ4n) is 9.92. The van der Waals surface area contributed by atoms with E-state index >= 15 is 0 Å². The summed E-state index contributed by atoms with van der Waals surface area (Å²) in [6.45, 7) is 16.6. The predicted octanol–water partition coefficient (Wildman–Crippen LogP) is 12.8. The van der Waals surface area contributed by atoms with Crippen molar-refractivity contribution in [1.82, 2.24) is 29.7 Å². The maximum absolute atomic E-state index is 13.2. The standard InChI is InChI=1S/C30H38ClN5O3S.C27H34ClN5O3S/c1-19(2)39-27-17-23(21-12-14-36(4)15-13-21)20(3)16-26(27)34-30-32-18-24(31)29(35-30)33-25-10-5-6-11-28(25)40(37,38)22-8-7-9-22;1-17(2)36-24-15-20(19-10-12-33(4)13-11-19)18(3)14-23(24)31-27-29-16-21(28)26(32-27)30-22-8-6-7-9-25(22)37(5,34)35/h5-6,10-11,16-19,21-22H,7-9,12-15H2,1-4H3,(H2,32,33,34,35);6-9,14-17,19H,10-13H2,1-5H3,(H2,29,30,31,32). The molecule has 4 heterocycles. The summed E-state index contributed by atoms with van der Waals surface area (Å²) < 4.78 is 63.3. The minimum atomic E-state index is -3.45. The number of hydrogen-bond acceptors (Lipinski definition) is 16. The number of sulfone groups is 2. The van der Waals surface area contributed by atoms with Gasteiger partial charge in [-0.2, -0.15) is 9.97 Å². The van der Waals surface area contributed by atoms with Crippen LogP contribution in [0.15, 0.2) is 95.0 Å². The van der Waals surface area contributed by atoms with Crippen LogP contribution in [0.1, 0.15) is 107 Å². The van der Waals surface area contributed by atoms with E-state index in [4.69, 9.17) is 32.7 Å². The van der Waals surface area contributed by atoms with Crippen molar-refractivity contribution in [3.63, 3.8) is 0 Å².